The summed E-state index contributed by atoms with van der Waals surface area (Å²) in [4.78, 5) is 11.4. The van der Waals surface area contributed by atoms with Gasteiger partial charge in [0.2, 0.25) is 0 Å². The van der Waals surface area contributed by atoms with E-state index < -0.39 is 5.60 Å². The molecule has 4 rings (SSSR count). The van der Waals surface area contributed by atoms with Gasteiger partial charge in [-0.05, 0) is 107 Å². The Bertz CT molecular complexity index is 759. The van der Waals surface area contributed by atoms with Gasteiger partial charge in [0.15, 0.2) is 0 Å². The van der Waals surface area contributed by atoms with E-state index in [2.05, 4.69) is 18.9 Å². The number of Topliss-reactive ketones (excluding diaryl/α,β-unsaturated/α-hetero) is 1. The molecule has 30 heavy (non-hydrogen) atoms. The van der Waals surface area contributed by atoms with E-state index in [0.29, 0.717) is 36.5 Å². The van der Waals surface area contributed by atoms with E-state index in [0.717, 1.165) is 51.4 Å². The van der Waals surface area contributed by atoms with Crippen molar-refractivity contribution >= 4 is 5.78 Å². The van der Waals surface area contributed by atoms with Crippen molar-refractivity contribution in [1.29, 1.82) is 0 Å². The summed E-state index contributed by atoms with van der Waals surface area (Å²) in [6.07, 6.45) is 18.5. The largest absolute Gasteiger partial charge is 0.393 e. The van der Waals surface area contributed by atoms with Crippen LogP contribution in [0.5, 0.6) is 0 Å². The summed E-state index contributed by atoms with van der Waals surface area (Å²) in [5.41, 5.74) is 0.626. The highest BCUT2D eigenvalue weighted by molar-refractivity contribution is 5.75. The molecule has 0 radical (unpaired) electrons. The number of aliphatic hydroxyl groups is 2. The molecule has 0 aliphatic heterocycles. The fourth-order valence-electron chi connectivity index (χ4n) is 8.45. The molecule has 0 aromatic carbocycles. The van der Waals surface area contributed by atoms with Gasteiger partial charge in [-0.3, -0.25) is 0 Å². The topological polar surface area (TPSA) is 57.5 Å². The summed E-state index contributed by atoms with van der Waals surface area (Å²) in [5, 5.41) is 21.7. The first-order chi connectivity index (χ1) is 14.1. The van der Waals surface area contributed by atoms with Gasteiger partial charge in [0.25, 0.3) is 0 Å². The summed E-state index contributed by atoms with van der Waals surface area (Å²) >= 11 is 0. The molecule has 4 aliphatic rings. The van der Waals surface area contributed by atoms with Crippen molar-refractivity contribution in [2.45, 2.75) is 103 Å². The lowest BCUT2D eigenvalue weighted by Gasteiger charge is -2.58. The van der Waals surface area contributed by atoms with Crippen LogP contribution in [0.15, 0.2) is 11.6 Å². The molecule has 166 valence electrons. The predicted octanol–water partition coefficient (Wildman–Crippen LogP) is 5.05. The van der Waals surface area contributed by atoms with Gasteiger partial charge in [0.05, 0.1) is 17.1 Å². The number of aliphatic hydroxyl groups excluding tert-OH is 1. The zero-order valence-electron chi connectivity index (χ0n) is 19.1. The van der Waals surface area contributed by atoms with Crippen molar-refractivity contribution in [3.8, 4) is 12.3 Å². The van der Waals surface area contributed by atoms with E-state index >= 15 is 0 Å². The van der Waals surface area contributed by atoms with Crippen molar-refractivity contribution in [2.75, 3.05) is 0 Å². The molecule has 8 atom stereocenters. The van der Waals surface area contributed by atoms with E-state index in [9.17, 15) is 15.0 Å². The Kier molecular flexibility index (Phi) is 5.74. The second-order valence-electron chi connectivity index (χ2n) is 11.4. The van der Waals surface area contributed by atoms with E-state index in [1.54, 1.807) is 6.92 Å². The van der Waals surface area contributed by atoms with Crippen LogP contribution in [0.4, 0.5) is 0 Å². The smallest absolute Gasteiger partial charge is 0.129 e. The van der Waals surface area contributed by atoms with Gasteiger partial charge in [0, 0.05) is 6.42 Å². The highest BCUT2D eigenvalue weighted by atomic mass is 16.3. The minimum absolute atomic E-state index is 0.147. The zero-order valence-corrected chi connectivity index (χ0v) is 19.1. The number of hydrogen-bond acceptors (Lipinski definition) is 3. The minimum Gasteiger partial charge on any atom is -0.393 e. The Morgan fingerprint density at radius 3 is 2.73 bits per heavy atom. The molecule has 7 unspecified atom stereocenters. The Morgan fingerprint density at radius 2 is 2.03 bits per heavy atom. The van der Waals surface area contributed by atoms with Crippen molar-refractivity contribution in [3.63, 3.8) is 0 Å². The van der Waals surface area contributed by atoms with Crippen molar-refractivity contribution in [2.24, 2.45) is 34.5 Å². The third-order valence-corrected chi connectivity index (χ3v) is 9.83. The number of carbonyl (C=O) groups is 1. The van der Waals surface area contributed by atoms with E-state index in [1.807, 2.05) is 6.92 Å². The molecule has 2 N–H and O–H groups in total. The van der Waals surface area contributed by atoms with E-state index in [1.165, 1.54) is 12.0 Å². The molecule has 0 aromatic heterocycles. The fourth-order valence-corrected chi connectivity index (χ4v) is 8.45. The first kappa shape index (κ1) is 22.1. The van der Waals surface area contributed by atoms with Gasteiger partial charge in [-0.2, -0.15) is 0 Å². The number of hydrogen-bond donors (Lipinski definition) is 2. The summed E-state index contributed by atoms with van der Waals surface area (Å²) < 4.78 is 0. The minimum atomic E-state index is -0.708. The zero-order chi connectivity index (χ0) is 21.7. The molecular formula is C27H40O3. The number of ketones is 1. The number of terminal acetylenes is 1. The second-order valence-corrected chi connectivity index (χ2v) is 11.4. The SMILES string of the molecule is C#CC12CCC(O)CC1=CCC1C2CCC2(C)C1CCC2[C@@](C)(O)CCCC(C)=O. The number of carbonyl (C=O) groups excluding carboxylic acids is 1. The van der Waals surface area contributed by atoms with E-state index in [-0.39, 0.29) is 22.7 Å². The number of allylic oxidation sites excluding steroid dienone is 1. The Hall–Kier alpha value is -1.11. The number of rotatable bonds is 5. The summed E-state index contributed by atoms with van der Waals surface area (Å²) in [5.74, 6) is 5.48. The average molecular weight is 413 g/mol. The standard InChI is InChI=1S/C27H40O3/c1-5-27-16-12-20(29)17-19(27)8-9-21-22-10-11-24(25(22,3)15-13-23(21)27)26(4,30)14-6-7-18(2)28/h1,8,20-24,29-30H,6-7,9-17H2,2-4H3/t20?,21?,22?,23?,24?,25?,26-,27?/m0/s1. The molecule has 4 aliphatic carbocycles. The Morgan fingerprint density at radius 1 is 1.27 bits per heavy atom. The maximum absolute atomic E-state index is 11.5. The third-order valence-electron chi connectivity index (χ3n) is 9.83. The predicted molar refractivity (Wildman–Crippen MR) is 120 cm³/mol. The van der Waals surface area contributed by atoms with Crippen molar-refractivity contribution in [1.82, 2.24) is 0 Å². The molecule has 3 fully saturated rings. The molecule has 0 saturated heterocycles. The lowest BCUT2D eigenvalue weighted by atomic mass is 9.46. The highest BCUT2D eigenvalue weighted by Crippen LogP contribution is 2.67. The van der Waals surface area contributed by atoms with Crippen LogP contribution in [-0.2, 0) is 4.79 Å². The monoisotopic (exact) mass is 412 g/mol. The third kappa shape index (κ3) is 3.39. The lowest BCUT2D eigenvalue weighted by molar-refractivity contribution is -0.118. The maximum atomic E-state index is 11.5. The molecule has 0 bridgehead atoms. The average Bonchev–Trinajstić information content (AvgIpc) is 3.05. The van der Waals surface area contributed by atoms with Crippen LogP contribution in [0.1, 0.15) is 91.4 Å². The molecule has 0 amide bonds. The van der Waals surface area contributed by atoms with E-state index in [4.69, 9.17) is 6.42 Å². The Balaban J connectivity index is 1.57. The Labute approximate surface area is 182 Å². The van der Waals surface area contributed by atoms with Crippen molar-refractivity contribution in [3.05, 3.63) is 11.6 Å². The molecule has 3 heteroatoms. The molecule has 0 heterocycles. The lowest BCUT2D eigenvalue weighted by Crippen LogP contribution is -2.53. The van der Waals surface area contributed by atoms with Gasteiger partial charge in [0.1, 0.15) is 5.78 Å². The van der Waals surface area contributed by atoms with Crippen LogP contribution in [0.25, 0.3) is 0 Å². The highest BCUT2D eigenvalue weighted by Gasteiger charge is 2.61. The van der Waals surface area contributed by atoms with Gasteiger partial charge in [-0.15, -0.1) is 6.42 Å². The summed E-state index contributed by atoms with van der Waals surface area (Å²) in [7, 11) is 0. The van der Waals surface area contributed by atoms with Gasteiger partial charge in [-0.1, -0.05) is 24.5 Å². The molecular weight excluding hydrogens is 372 g/mol. The molecule has 0 spiro atoms. The summed E-state index contributed by atoms with van der Waals surface area (Å²) in [6.45, 7) is 6.08. The van der Waals surface area contributed by atoms with Crippen LogP contribution in [-0.4, -0.2) is 27.7 Å². The molecule has 3 nitrogen and oxygen atoms in total. The quantitative estimate of drug-likeness (QED) is 0.491. The van der Waals surface area contributed by atoms with Crippen LogP contribution >= 0.6 is 0 Å². The summed E-state index contributed by atoms with van der Waals surface area (Å²) in [6, 6.07) is 0. The maximum Gasteiger partial charge on any atom is 0.129 e. The molecule has 0 aromatic rings. The fraction of sp³-hybridized carbons (Fsp3) is 0.815. The van der Waals surface area contributed by atoms with Gasteiger partial charge >= 0.3 is 0 Å². The second kappa shape index (κ2) is 7.79. The van der Waals surface area contributed by atoms with Crippen LogP contribution in [0, 0.1) is 46.8 Å². The first-order valence-corrected chi connectivity index (χ1v) is 12.2. The first-order valence-electron chi connectivity index (χ1n) is 12.2. The molecule has 3 saturated carbocycles. The van der Waals surface area contributed by atoms with Gasteiger partial charge < -0.3 is 15.0 Å². The van der Waals surface area contributed by atoms with Crippen LogP contribution in [0.2, 0.25) is 0 Å². The van der Waals surface area contributed by atoms with Crippen LogP contribution in [0.3, 0.4) is 0 Å². The normalized spacial score (nSPS) is 44.7. The number of fused-ring (bicyclic) bond motifs is 5. The van der Waals surface area contributed by atoms with Gasteiger partial charge in [-0.25, -0.2) is 0 Å². The van der Waals surface area contributed by atoms with Crippen molar-refractivity contribution < 1.29 is 15.0 Å². The van der Waals surface area contributed by atoms with Crippen LogP contribution < -0.4 is 0 Å².